The highest BCUT2D eigenvalue weighted by atomic mass is 16.8. The number of carboxylic acids is 1. The molecule has 310 valence electrons. The van der Waals surface area contributed by atoms with Crippen molar-refractivity contribution in [1.29, 1.82) is 0 Å². The van der Waals surface area contributed by atoms with Crippen LogP contribution in [0.5, 0.6) is 0 Å². The predicted molar refractivity (Wildman–Crippen MR) is 191 cm³/mol. The molecule has 0 radical (unpaired) electrons. The van der Waals surface area contributed by atoms with Crippen LogP contribution in [0.2, 0.25) is 0 Å². The van der Waals surface area contributed by atoms with Gasteiger partial charge in [-0.15, -0.1) is 0 Å². The van der Waals surface area contributed by atoms with Crippen LogP contribution in [0.25, 0.3) is 0 Å². The summed E-state index contributed by atoms with van der Waals surface area (Å²) in [5.74, 6) is -2.01. The Labute approximate surface area is 314 Å². The molecular formula is C38H68O15. The molecule has 0 bridgehead atoms. The summed E-state index contributed by atoms with van der Waals surface area (Å²) in [4.78, 5) is 33.7. The van der Waals surface area contributed by atoms with Crippen molar-refractivity contribution in [2.75, 3.05) is 13.2 Å². The molecule has 2 saturated heterocycles. The molecule has 2 heterocycles. The standard InChI is InChI=1S/C38H68O15/c1-4-5-6-7-11-14-17-20-27(21-18-15-12-9-8-10-13-16-19-22-30(41)42)50-38-36(34(46)32(44)29(52-38)24-49-26(3)40)53-37-35(47)33(45)31(43)28(51-37)23-48-25(2)39/h27-29,31-38,43-47H,4-24H2,1-3H3,(H,41,42)/t27?,28-,29-,31-,32-,33+,34+,35-,36-,37+,38-/m1/s1. The maximum Gasteiger partial charge on any atom is 0.303 e. The number of esters is 2. The van der Waals surface area contributed by atoms with Crippen molar-refractivity contribution in [3.05, 3.63) is 0 Å². The summed E-state index contributed by atoms with van der Waals surface area (Å²) >= 11 is 0. The first kappa shape index (κ1) is 47.2. The van der Waals surface area contributed by atoms with Crippen molar-refractivity contribution < 1.29 is 73.4 Å². The van der Waals surface area contributed by atoms with Gasteiger partial charge in [0.2, 0.25) is 0 Å². The lowest BCUT2D eigenvalue weighted by molar-refractivity contribution is -0.372. The van der Waals surface area contributed by atoms with Gasteiger partial charge < -0.3 is 59.1 Å². The second-order valence-electron chi connectivity index (χ2n) is 14.5. The molecule has 0 amide bonds. The second kappa shape index (κ2) is 26.8. The molecule has 11 atom stereocenters. The average molecular weight is 765 g/mol. The highest BCUT2D eigenvalue weighted by Gasteiger charge is 2.51. The van der Waals surface area contributed by atoms with Crippen LogP contribution >= 0.6 is 0 Å². The number of ether oxygens (including phenoxy) is 6. The van der Waals surface area contributed by atoms with Gasteiger partial charge >= 0.3 is 17.9 Å². The molecule has 15 heteroatoms. The Kier molecular flexibility index (Phi) is 23.9. The van der Waals surface area contributed by atoms with Crippen molar-refractivity contribution in [2.45, 2.75) is 210 Å². The first-order valence-corrected chi connectivity index (χ1v) is 19.9. The van der Waals surface area contributed by atoms with Gasteiger partial charge in [0, 0.05) is 20.3 Å². The van der Waals surface area contributed by atoms with E-state index in [1.54, 1.807) is 0 Å². The van der Waals surface area contributed by atoms with Crippen LogP contribution in [0.3, 0.4) is 0 Å². The quantitative estimate of drug-likeness (QED) is 0.0494. The third kappa shape index (κ3) is 18.5. The van der Waals surface area contributed by atoms with Gasteiger partial charge in [-0.3, -0.25) is 14.4 Å². The summed E-state index contributed by atoms with van der Waals surface area (Å²) in [6, 6.07) is 0. The summed E-state index contributed by atoms with van der Waals surface area (Å²) in [5, 5.41) is 62.9. The minimum atomic E-state index is -1.78. The number of carboxylic acid groups (broad SMARTS) is 1. The Hall–Kier alpha value is -1.95. The summed E-state index contributed by atoms with van der Waals surface area (Å²) < 4.78 is 34.3. The van der Waals surface area contributed by atoms with Gasteiger partial charge in [-0.1, -0.05) is 103 Å². The van der Waals surface area contributed by atoms with Crippen molar-refractivity contribution in [3.8, 4) is 0 Å². The van der Waals surface area contributed by atoms with E-state index in [9.17, 15) is 39.9 Å². The van der Waals surface area contributed by atoms with Gasteiger partial charge in [-0.25, -0.2) is 0 Å². The van der Waals surface area contributed by atoms with E-state index in [1.807, 2.05) is 0 Å². The number of carbonyl (C=O) groups excluding carboxylic acids is 2. The monoisotopic (exact) mass is 764 g/mol. The number of hydrogen-bond donors (Lipinski definition) is 6. The Balaban J connectivity index is 2.13. The predicted octanol–water partition coefficient (Wildman–Crippen LogP) is 3.65. The highest BCUT2D eigenvalue weighted by molar-refractivity contribution is 5.66. The first-order valence-electron chi connectivity index (χ1n) is 19.9. The Morgan fingerprint density at radius 1 is 0.566 bits per heavy atom. The molecule has 53 heavy (non-hydrogen) atoms. The minimum Gasteiger partial charge on any atom is -0.481 e. The van der Waals surface area contributed by atoms with E-state index in [4.69, 9.17) is 33.5 Å². The number of hydrogen-bond acceptors (Lipinski definition) is 14. The number of aliphatic carboxylic acids is 1. The van der Waals surface area contributed by atoms with Crippen LogP contribution < -0.4 is 0 Å². The van der Waals surface area contributed by atoms with Crippen LogP contribution in [0.15, 0.2) is 0 Å². The maximum absolute atomic E-state index is 11.6. The molecular weight excluding hydrogens is 696 g/mol. The zero-order chi connectivity index (χ0) is 39.2. The van der Waals surface area contributed by atoms with Crippen molar-refractivity contribution in [1.82, 2.24) is 0 Å². The van der Waals surface area contributed by atoms with E-state index in [0.717, 1.165) is 84.0 Å². The van der Waals surface area contributed by atoms with E-state index in [0.29, 0.717) is 19.3 Å². The van der Waals surface area contributed by atoms with Crippen LogP contribution in [0.1, 0.15) is 143 Å². The van der Waals surface area contributed by atoms with Gasteiger partial charge in [-0.2, -0.15) is 0 Å². The Morgan fingerprint density at radius 3 is 1.47 bits per heavy atom. The summed E-state index contributed by atoms with van der Waals surface area (Å²) in [7, 11) is 0. The van der Waals surface area contributed by atoms with Crippen molar-refractivity contribution in [3.63, 3.8) is 0 Å². The van der Waals surface area contributed by atoms with Crippen LogP contribution in [0.4, 0.5) is 0 Å². The first-order chi connectivity index (χ1) is 25.3. The maximum atomic E-state index is 11.6. The van der Waals surface area contributed by atoms with Crippen LogP contribution in [-0.2, 0) is 42.8 Å². The molecule has 0 aromatic heterocycles. The molecule has 2 aliphatic rings. The Bertz CT molecular complexity index is 1010. The smallest absolute Gasteiger partial charge is 0.303 e. The molecule has 2 rings (SSSR count). The van der Waals surface area contributed by atoms with E-state index in [1.165, 1.54) is 26.2 Å². The molecule has 0 aliphatic carbocycles. The molecule has 2 fully saturated rings. The van der Waals surface area contributed by atoms with Gasteiger partial charge in [0.15, 0.2) is 12.6 Å². The molecule has 0 aromatic rings. The number of carbonyl (C=O) groups is 3. The molecule has 2 aliphatic heterocycles. The molecule has 15 nitrogen and oxygen atoms in total. The lowest BCUT2D eigenvalue weighted by atomic mass is 9.97. The van der Waals surface area contributed by atoms with E-state index in [2.05, 4.69) is 6.92 Å². The third-order valence-electron chi connectivity index (χ3n) is 9.88. The molecule has 0 saturated carbocycles. The van der Waals surface area contributed by atoms with Gasteiger partial charge in [0.25, 0.3) is 0 Å². The lowest BCUT2D eigenvalue weighted by Gasteiger charge is -2.46. The average Bonchev–Trinajstić information content (AvgIpc) is 3.11. The molecule has 1 unspecified atom stereocenters. The number of rotatable bonds is 28. The van der Waals surface area contributed by atoms with Crippen LogP contribution in [-0.4, -0.2) is 129 Å². The minimum absolute atomic E-state index is 0.217. The number of aliphatic hydroxyl groups excluding tert-OH is 5. The number of aliphatic hydroxyl groups is 5. The highest BCUT2D eigenvalue weighted by Crippen LogP contribution is 2.32. The Morgan fingerprint density at radius 2 is 1.00 bits per heavy atom. The van der Waals surface area contributed by atoms with E-state index >= 15 is 0 Å². The van der Waals surface area contributed by atoms with Gasteiger partial charge in [-0.05, 0) is 19.3 Å². The second-order valence-corrected chi connectivity index (χ2v) is 14.5. The molecule has 6 N–H and O–H groups in total. The fraction of sp³-hybridized carbons (Fsp3) is 0.921. The number of unbranched alkanes of at least 4 members (excludes halogenated alkanes) is 14. The van der Waals surface area contributed by atoms with Crippen LogP contribution in [0, 0.1) is 0 Å². The fourth-order valence-corrected chi connectivity index (χ4v) is 6.70. The largest absolute Gasteiger partial charge is 0.481 e. The van der Waals surface area contributed by atoms with Gasteiger partial charge in [0.1, 0.15) is 62.0 Å². The topological polar surface area (TPSA) is 228 Å². The normalized spacial score (nSPS) is 29.4. The zero-order valence-corrected chi connectivity index (χ0v) is 32.1. The van der Waals surface area contributed by atoms with E-state index < -0.39 is 85.9 Å². The third-order valence-corrected chi connectivity index (χ3v) is 9.88. The lowest BCUT2D eigenvalue weighted by Crippen LogP contribution is -2.65. The van der Waals surface area contributed by atoms with Crippen molar-refractivity contribution >= 4 is 17.9 Å². The SMILES string of the molecule is CCCCCCCCCC(CCCCCCCCCCCC(=O)O)O[C@@H]1O[C@H](COC(C)=O)[C@@H](O)[C@H](O)[C@H]1O[C@@H]1O[C@H](COC(C)=O)[C@@H](O)[C@H](O)[C@H]1O. The molecule has 0 aromatic carbocycles. The van der Waals surface area contributed by atoms with Gasteiger partial charge in [0.05, 0.1) is 6.10 Å². The van der Waals surface area contributed by atoms with Crippen molar-refractivity contribution in [2.24, 2.45) is 0 Å². The zero-order valence-electron chi connectivity index (χ0n) is 32.1. The van der Waals surface area contributed by atoms with E-state index in [-0.39, 0.29) is 19.1 Å². The molecule has 0 spiro atoms. The summed E-state index contributed by atoms with van der Waals surface area (Å²) in [6.45, 7) is 3.75. The fourth-order valence-electron chi connectivity index (χ4n) is 6.70. The summed E-state index contributed by atoms with van der Waals surface area (Å²) in [5.41, 5.74) is 0. The summed E-state index contributed by atoms with van der Waals surface area (Å²) in [6.07, 6.45) is 2.58.